The molecule has 5 atom stereocenters. The lowest BCUT2D eigenvalue weighted by Crippen LogP contribution is -2.64. The van der Waals surface area contributed by atoms with Crippen molar-refractivity contribution in [3.05, 3.63) is 30.1 Å². The second kappa shape index (κ2) is 10.0. The molecule has 0 heterocycles. The second-order valence-electron chi connectivity index (χ2n) is 8.27. The normalized spacial score (nSPS) is 26.7. The Labute approximate surface area is 179 Å². The van der Waals surface area contributed by atoms with Gasteiger partial charge in [-0.1, -0.05) is 19.9 Å². The van der Waals surface area contributed by atoms with Crippen molar-refractivity contribution in [1.29, 1.82) is 0 Å². The Bertz CT molecular complexity index is 823. The number of carbonyl (C=O) groups excluding carboxylic acids is 3. The highest BCUT2D eigenvalue weighted by molar-refractivity contribution is 5.92. The summed E-state index contributed by atoms with van der Waals surface area (Å²) < 4.78 is 13.3. The van der Waals surface area contributed by atoms with E-state index in [-0.39, 0.29) is 18.0 Å². The molecule has 0 aromatic heterocycles. The van der Waals surface area contributed by atoms with Gasteiger partial charge < -0.3 is 37.0 Å². The molecule has 10 nitrogen and oxygen atoms in total. The van der Waals surface area contributed by atoms with Gasteiger partial charge in [0.2, 0.25) is 5.91 Å². The zero-order chi connectivity index (χ0) is 23.3. The number of anilines is 1. The maximum absolute atomic E-state index is 13.3. The van der Waals surface area contributed by atoms with Gasteiger partial charge in [0.05, 0.1) is 12.1 Å². The Hall–Kier alpha value is -2.76. The topological polar surface area (TPSA) is 174 Å². The molecule has 11 heteroatoms. The van der Waals surface area contributed by atoms with E-state index in [9.17, 15) is 34.1 Å². The van der Waals surface area contributed by atoms with Crippen LogP contribution in [0.4, 0.5) is 14.9 Å². The molecule has 0 bridgehead atoms. The molecular formula is C20H29FN4O6. The van der Waals surface area contributed by atoms with Crippen LogP contribution in [0, 0.1) is 11.7 Å². The van der Waals surface area contributed by atoms with Gasteiger partial charge in [-0.2, -0.15) is 0 Å². The molecule has 172 valence electrons. The van der Waals surface area contributed by atoms with Gasteiger partial charge in [-0.25, -0.2) is 9.18 Å². The first-order chi connectivity index (χ1) is 14.4. The third-order valence-corrected chi connectivity index (χ3v) is 5.09. The smallest absolute Gasteiger partial charge is 0.319 e. The van der Waals surface area contributed by atoms with Crippen LogP contribution in [0.5, 0.6) is 0 Å². The maximum Gasteiger partial charge on any atom is 0.319 e. The third-order valence-electron chi connectivity index (χ3n) is 5.09. The third kappa shape index (κ3) is 6.61. The van der Waals surface area contributed by atoms with E-state index in [4.69, 9.17) is 5.73 Å². The zero-order valence-electron chi connectivity index (χ0n) is 17.3. The number of urea groups is 1. The number of hydrogen-bond acceptors (Lipinski definition) is 6. The number of nitrogens with two attached hydrogens (primary N) is 1. The first kappa shape index (κ1) is 24.5. The average Bonchev–Trinajstić information content (AvgIpc) is 2.64. The number of aliphatic hydroxyl groups is 3. The molecule has 1 aromatic rings. The van der Waals surface area contributed by atoms with Crippen LogP contribution in [0.2, 0.25) is 0 Å². The van der Waals surface area contributed by atoms with Gasteiger partial charge in [-0.15, -0.1) is 0 Å². The number of hydrogen-bond donors (Lipinski definition) is 7. The number of benzene rings is 1. The number of aliphatic hydroxyl groups excluding tert-OH is 2. The molecule has 1 aromatic carbocycles. The zero-order valence-corrected chi connectivity index (χ0v) is 17.3. The predicted octanol–water partition coefficient (Wildman–Crippen LogP) is -0.421. The number of primary amides is 1. The minimum absolute atomic E-state index is 0.0344. The molecule has 31 heavy (non-hydrogen) atoms. The molecule has 0 unspecified atom stereocenters. The Morgan fingerprint density at radius 2 is 1.94 bits per heavy atom. The van der Waals surface area contributed by atoms with Crippen LogP contribution >= 0.6 is 0 Å². The minimum Gasteiger partial charge on any atom is -0.390 e. The van der Waals surface area contributed by atoms with Crippen LogP contribution < -0.4 is 21.7 Å². The van der Waals surface area contributed by atoms with E-state index >= 15 is 0 Å². The van der Waals surface area contributed by atoms with Crippen molar-refractivity contribution in [3.63, 3.8) is 0 Å². The molecule has 0 spiro atoms. The lowest BCUT2D eigenvalue weighted by Gasteiger charge is -2.41. The van der Waals surface area contributed by atoms with E-state index in [1.807, 2.05) is 13.8 Å². The van der Waals surface area contributed by atoms with E-state index in [1.54, 1.807) is 0 Å². The summed E-state index contributed by atoms with van der Waals surface area (Å²) in [5.41, 5.74) is 3.30. The number of halogens is 1. The molecular weight excluding hydrogens is 411 g/mol. The maximum atomic E-state index is 13.3. The Morgan fingerprint density at radius 3 is 2.52 bits per heavy atom. The summed E-state index contributed by atoms with van der Waals surface area (Å²) >= 11 is 0. The second-order valence-corrected chi connectivity index (χ2v) is 8.27. The first-order valence-electron chi connectivity index (χ1n) is 9.93. The molecule has 0 aliphatic heterocycles. The number of carbonyl (C=O) groups is 3. The van der Waals surface area contributed by atoms with E-state index in [0.29, 0.717) is 0 Å². The van der Waals surface area contributed by atoms with Crippen molar-refractivity contribution < 1.29 is 34.1 Å². The molecule has 1 saturated carbocycles. The fraction of sp³-hybridized carbons (Fsp3) is 0.550. The van der Waals surface area contributed by atoms with Gasteiger partial charge in [-0.05, 0) is 30.5 Å². The highest BCUT2D eigenvalue weighted by Gasteiger charge is 2.49. The van der Waals surface area contributed by atoms with E-state index < -0.39 is 66.4 Å². The summed E-state index contributed by atoms with van der Waals surface area (Å²) in [6.07, 6.45) is -3.67. The average molecular weight is 440 g/mol. The van der Waals surface area contributed by atoms with Crippen LogP contribution in [-0.4, -0.2) is 63.1 Å². The number of rotatable bonds is 7. The van der Waals surface area contributed by atoms with Crippen LogP contribution in [0.3, 0.4) is 0 Å². The summed E-state index contributed by atoms with van der Waals surface area (Å²) in [6.45, 7) is 3.66. The first-order valence-corrected chi connectivity index (χ1v) is 9.93. The predicted molar refractivity (Wildman–Crippen MR) is 109 cm³/mol. The summed E-state index contributed by atoms with van der Waals surface area (Å²) in [4.78, 5) is 36.6. The largest absolute Gasteiger partial charge is 0.390 e. The van der Waals surface area contributed by atoms with Gasteiger partial charge in [0.1, 0.15) is 23.6 Å². The van der Waals surface area contributed by atoms with Crippen LogP contribution in [0.1, 0.15) is 33.1 Å². The number of amides is 4. The number of nitrogens with one attached hydrogen (secondary N) is 3. The molecule has 2 rings (SSSR count). The SMILES string of the molecule is CC(C)C[C@@H](NC(=O)[C@@]1(O)C[C@@H](O)[C@H](O)[C@@H](NC(=O)Nc2cccc(F)c2)C1)C(N)=O. The Morgan fingerprint density at radius 1 is 1.26 bits per heavy atom. The fourth-order valence-corrected chi connectivity index (χ4v) is 3.54. The van der Waals surface area contributed by atoms with E-state index in [0.717, 1.165) is 6.07 Å². The van der Waals surface area contributed by atoms with Crippen molar-refractivity contribution in [2.75, 3.05) is 5.32 Å². The van der Waals surface area contributed by atoms with Gasteiger partial charge in [0.15, 0.2) is 0 Å². The van der Waals surface area contributed by atoms with Gasteiger partial charge >= 0.3 is 6.03 Å². The fourth-order valence-electron chi connectivity index (χ4n) is 3.54. The molecule has 1 aliphatic carbocycles. The lowest BCUT2D eigenvalue weighted by atomic mass is 9.77. The summed E-state index contributed by atoms with van der Waals surface area (Å²) in [5.74, 6) is -2.25. The van der Waals surface area contributed by atoms with Crippen molar-refractivity contribution in [2.45, 2.75) is 63.0 Å². The van der Waals surface area contributed by atoms with Crippen LogP contribution in [0.25, 0.3) is 0 Å². The van der Waals surface area contributed by atoms with Gasteiger partial charge in [-0.3, -0.25) is 9.59 Å². The van der Waals surface area contributed by atoms with Crippen molar-refractivity contribution in [2.24, 2.45) is 11.7 Å². The van der Waals surface area contributed by atoms with E-state index in [1.165, 1.54) is 18.2 Å². The summed E-state index contributed by atoms with van der Waals surface area (Å²) in [7, 11) is 0. The highest BCUT2D eigenvalue weighted by atomic mass is 19.1. The molecule has 4 amide bonds. The van der Waals surface area contributed by atoms with Crippen molar-refractivity contribution in [3.8, 4) is 0 Å². The lowest BCUT2D eigenvalue weighted by molar-refractivity contribution is -0.159. The summed E-state index contributed by atoms with van der Waals surface area (Å²) in [5, 5.41) is 38.4. The standard InChI is InChI=1S/C20H29FN4O6/c1-10(2)6-13(17(22)28)24-18(29)20(31)8-14(16(27)15(26)9-20)25-19(30)23-12-5-3-4-11(21)7-12/h3-5,7,10,13-16,26-27,31H,6,8-9H2,1-2H3,(H2,22,28)(H,24,29)(H2,23,25,30)/t13-,14+,15-,16-,20+/m1/s1. The van der Waals surface area contributed by atoms with Crippen molar-refractivity contribution >= 4 is 23.5 Å². The van der Waals surface area contributed by atoms with Crippen molar-refractivity contribution in [1.82, 2.24) is 10.6 Å². The van der Waals surface area contributed by atoms with Crippen LogP contribution in [0.15, 0.2) is 24.3 Å². The van der Waals surface area contributed by atoms with Crippen LogP contribution in [-0.2, 0) is 9.59 Å². The summed E-state index contributed by atoms with van der Waals surface area (Å²) in [6, 6.07) is 2.04. The molecule has 1 aliphatic rings. The van der Waals surface area contributed by atoms with Gasteiger partial charge in [0, 0.05) is 18.5 Å². The Balaban J connectivity index is 2.09. The quantitative estimate of drug-likeness (QED) is 0.303. The monoisotopic (exact) mass is 440 g/mol. The molecule has 0 radical (unpaired) electrons. The Kier molecular flexibility index (Phi) is 7.93. The molecule has 0 saturated heterocycles. The highest BCUT2D eigenvalue weighted by Crippen LogP contribution is 2.30. The molecule has 1 fully saturated rings. The molecule has 8 N–H and O–H groups in total. The van der Waals surface area contributed by atoms with E-state index in [2.05, 4.69) is 16.0 Å². The van der Waals surface area contributed by atoms with Gasteiger partial charge in [0.25, 0.3) is 5.91 Å². The minimum atomic E-state index is -2.17.